The third kappa shape index (κ3) is 4.93. The lowest BCUT2D eigenvalue weighted by Crippen LogP contribution is -2.47. The summed E-state index contributed by atoms with van der Waals surface area (Å²) in [6.45, 7) is 5.34. The van der Waals surface area contributed by atoms with Crippen molar-refractivity contribution in [1.82, 2.24) is 10.6 Å². The van der Waals surface area contributed by atoms with Crippen molar-refractivity contribution in [2.24, 2.45) is 0 Å². The van der Waals surface area contributed by atoms with Crippen LogP contribution in [0.2, 0.25) is 0 Å². The summed E-state index contributed by atoms with van der Waals surface area (Å²) in [6, 6.07) is 8.30. The maximum atomic E-state index is 13.4. The minimum atomic E-state index is -3.88. The number of rotatable bonds is 6. The number of carbonyl (C=O) groups excluding carboxylic acids is 2. The van der Waals surface area contributed by atoms with Gasteiger partial charge in [0.15, 0.2) is 9.84 Å². The number of carbonyl (C=O) groups is 2. The molecule has 0 spiro atoms. The summed E-state index contributed by atoms with van der Waals surface area (Å²) >= 11 is 0. The van der Waals surface area contributed by atoms with E-state index >= 15 is 0 Å². The van der Waals surface area contributed by atoms with Crippen LogP contribution in [0.3, 0.4) is 0 Å². The monoisotopic (exact) mass is 446 g/mol. The van der Waals surface area contributed by atoms with Gasteiger partial charge < -0.3 is 15.4 Å². The molecule has 2 N–H and O–H groups in total. The van der Waals surface area contributed by atoms with Crippen LogP contribution < -0.4 is 10.6 Å². The highest BCUT2D eigenvalue weighted by Crippen LogP contribution is 2.29. The van der Waals surface area contributed by atoms with E-state index in [1.54, 1.807) is 26.0 Å². The van der Waals surface area contributed by atoms with Gasteiger partial charge >= 0.3 is 12.0 Å². The van der Waals surface area contributed by atoms with Crippen molar-refractivity contribution >= 4 is 21.8 Å². The molecule has 0 saturated heterocycles. The number of nitrogens with one attached hydrogen (secondary N) is 2. The number of hydrogen-bond acceptors (Lipinski definition) is 5. The van der Waals surface area contributed by atoms with Crippen molar-refractivity contribution in [2.75, 3.05) is 12.4 Å². The summed E-state index contributed by atoms with van der Waals surface area (Å²) in [5.41, 5.74) is 2.05. The van der Waals surface area contributed by atoms with Gasteiger partial charge in [0.25, 0.3) is 0 Å². The molecule has 0 fully saturated rings. The summed E-state index contributed by atoms with van der Waals surface area (Å²) in [7, 11) is -3.88. The molecule has 2 aromatic carbocycles. The van der Waals surface area contributed by atoms with Gasteiger partial charge in [-0.1, -0.05) is 18.2 Å². The Balaban J connectivity index is 2.10. The van der Waals surface area contributed by atoms with Crippen LogP contribution in [-0.4, -0.2) is 32.8 Å². The molecule has 9 heteroatoms. The Morgan fingerprint density at radius 2 is 1.77 bits per heavy atom. The fourth-order valence-corrected chi connectivity index (χ4v) is 4.67. The number of benzene rings is 2. The largest absolute Gasteiger partial charge is 0.463 e. The molecule has 2 amide bonds. The summed E-state index contributed by atoms with van der Waals surface area (Å²) in [5, 5.41) is 5.03. The van der Waals surface area contributed by atoms with Crippen molar-refractivity contribution in [3.05, 3.63) is 76.2 Å². The molecule has 1 atom stereocenters. The number of hydrogen-bond donors (Lipinski definition) is 2. The SMILES string of the molecule is CCOC(=O)C1=C(CS(=O)(=O)c2ccc(C)c(C)c2)NC(=O)N[C@@H]1c1ccc(F)cc1. The summed E-state index contributed by atoms with van der Waals surface area (Å²) in [5.74, 6) is -1.85. The number of sulfone groups is 1. The van der Waals surface area contributed by atoms with Crippen LogP contribution >= 0.6 is 0 Å². The molecule has 0 bridgehead atoms. The van der Waals surface area contributed by atoms with Crippen LogP contribution in [0.25, 0.3) is 0 Å². The fraction of sp³-hybridized carbons (Fsp3) is 0.273. The molecule has 164 valence electrons. The molecule has 0 aliphatic carbocycles. The van der Waals surface area contributed by atoms with E-state index in [1.807, 2.05) is 6.92 Å². The van der Waals surface area contributed by atoms with Gasteiger partial charge in [-0.25, -0.2) is 22.4 Å². The summed E-state index contributed by atoms with van der Waals surface area (Å²) in [6.07, 6.45) is 0. The quantitative estimate of drug-likeness (QED) is 0.664. The topological polar surface area (TPSA) is 102 Å². The Kier molecular flexibility index (Phi) is 6.45. The van der Waals surface area contributed by atoms with Crippen LogP contribution in [-0.2, 0) is 19.4 Å². The molecule has 1 aliphatic rings. The second-order valence-electron chi connectivity index (χ2n) is 7.20. The predicted molar refractivity (Wildman–Crippen MR) is 112 cm³/mol. The fourth-order valence-electron chi connectivity index (χ4n) is 3.27. The predicted octanol–water partition coefficient (Wildman–Crippen LogP) is 3.09. The van der Waals surface area contributed by atoms with Crippen LogP contribution in [0, 0.1) is 19.7 Å². The van der Waals surface area contributed by atoms with Crippen LogP contribution in [0.15, 0.2) is 58.6 Å². The highest BCUT2D eigenvalue weighted by Gasteiger charge is 2.35. The van der Waals surface area contributed by atoms with Gasteiger partial charge in [0, 0.05) is 5.70 Å². The molecule has 3 rings (SSSR count). The van der Waals surface area contributed by atoms with Gasteiger partial charge in [0.05, 0.1) is 28.9 Å². The second kappa shape index (κ2) is 8.89. The first-order chi connectivity index (χ1) is 14.6. The zero-order valence-electron chi connectivity index (χ0n) is 17.4. The van der Waals surface area contributed by atoms with Crippen molar-refractivity contribution < 1.29 is 27.1 Å². The molecule has 7 nitrogen and oxygen atoms in total. The summed E-state index contributed by atoms with van der Waals surface area (Å²) < 4.78 is 44.6. The Morgan fingerprint density at radius 1 is 1.10 bits per heavy atom. The zero-order valence-corrected chi connectivity index (χ0v) is 18.2. The van der Waals surface area contributed by atoms with Crippen LogP contribution in [0.5, 0.6) is 0 Å². The van der Waals surface area contributed by atoms with E-state index in [2.05, 4.69) is 10.6 Å². The minimum absolute atomic E-state index is 0.0412. The number of halogens is 1. The maximum Gasteiger partial charge on any atom is 0.338 e. The van der Waals surface area contributed by atoms with E-state index in [0.29, 0.717) is 5.56 Å². The molecule has 1 heterocycles. The van der Waals surface area contributed by atoms with Crippen LogP contribution in [0.4, 0.5) is 9.18 Å². The zero-order chi connectivity index (χ0) is 22.8. The highest BCUT2D eigenvalue weighted by atomic mass is 32.2. The van der Waals surface area contributed by atoms with E-state index in [-0.39, 0.29) is 22.8 Å². The first-order valence-corrected chi connectivity index (χ1v) is 11.3. The Labute approximate surface area is 180 Å². The molecule has 0 saturated carbocycles. The van der Waals surface area contributed by atoms with Gasteiger partial charge in [0.1, 0.15) is 5.82 Å². The van der Waals surface area contributed by atoms with Gasteiger partial charge in [-0.2, -0.15) is 0 Å². The first-order valence-electron chi connectivity index (χ1n) is 9.65. The first kappa shape index (κ1) is 22.5. The van der Waals surface area contributed by atoms with Crippen molar-refractivity contribution in [1.29, 1.82) is 0 Å². The smallest absolute Gasteiger partial charge is 0.338 e. The normalized spacial score (nSPS) is 16.5. The standard InChI is InChI=1S/C22H23FN2O5S/c1-4-30-21(26)19-18(12-31(28,29)17-10-5-13(2)14(3)11-17)24-22(27)25-20(19)15-6-8-16(23)9-7-15/h5-11,20H,4,12H2,1-3H3,(H2,24,25,27)/t20-/m1/s1. The molecular weight excluding hydrogens is 423 g/mol. The van der Waals surface area contributed by atoms with E-state index in [4.69, 9.17) is 4.74 Å². The van der Waals surface area contributed by atoms with Crippen molar-refractivity contribution in [2.45, 2.75) is 31.7 Å². The third-order valence-electron chi connectivity index (χ3n) is 5.02. The van der Waals surface area contributed by atoms with Gasteiger partial charge in [-0.3, -0.25) is 0 Å². The van der Waals surface area contributed by atoms with Crippen molar-refractivity contribution in [3.63, 3.8) is 0 Å². The Hall–Kier alpha value is -3.20. The molecule has 0 radical (unpaired) electrons. The average molecular weight is 447 g/mol. The van der Waals surface area contributed by atoms with E-state index in [1.165, 1.54) is 30.3 Å². The number of esters is 1. The van der Waals surface area contributed by atoms with Crippen LogP contribution in [0.1, 0.15) is 29.7 Å². The molecule has 0 aromatic heterocycles. The maximum absolute atomic E-state index is 13.4. The van der Waals surface area contributed by atoms with E-state index < -0.39 is 39.4 Å². The van der Waals surface area contributed by atoms with Crippen molar-refractivity contribution in [3.8, 4) is 0 Å². The average Bonchev–Trinajstić information content (AvgIpc) is 2.70. The van der Waals surface area contributed by atoms with Gasteiger partial charge in [-0.15, -0.1) is 0 Å². The minimum Gasteiger partial charge on any atom is -0.463 e. The Morgan fingerprint density at radius 3 is 2.39 bits per heavy atom. The van der Waals surface area contributed by atoms with E-state index in [9.17, 15) is 22.4 Å². The molecule has 0 unspecified atom stereocenters. The third-order valence-corrected chi connectivity index (χ3v) is 6.67. The van der Waals surface area contributed by atoms with Gasteiger partial charge in [-0.05, 0) is 61.7 Å². The highest BCUT2D eigenvalue weighted by molar-refractivity contribution is 7.91. The molecular formula is C22H23FN2O5S. The van der Waals surface area contributed by atoms with E-state index in [0.717, 1.165) is 11.1 Å². The number of ether oxygens (including phenoxy) is 1. The lowest BCUT2D eigenvalue weighted by atomic mass is 9.95. The van der Waals surface area contributed by atoms with Gasteiger partial charge in [0.2, 0.25) is 0 Å². The lowest BCUT2D eigenvalue weighted by Gasteiger charge is -2.29. The number of aryl methyl sites for hydroxylation is 2. The second-order valence-corrected chi connectivity index (χ2v) is 9.19. The summed E-state index contributed by atoms with van der Waals surface area (Å²) in [4.78, 5) is 25.1. The molecule has 31 heavy (non-hydrogen) atoms. The lowest BCUT2D eigenvalue weighted by molar-refractivity contribution is -0.139. The molecule has 2 aromatic rings. The molecule has 1 aliphatic heterocycles. The Bertz CT molecular complexity index is 1160. The number of amides is 2. The number of urea groups is 1.